The number of amides is 5. The number of imidazole rings is 1. The number of fused-ring (bicyclic) bond motifs is 2. The molecule has 3 aromatic heterocycles. The van der Waals surface area contributed by atoms with Crippen LogP contribution in [0.1, 0.15) is 114 Å². The van der Waals surface area contributed by atoms with E-state index in [1.54, 1.807) is 22.9 Å². The van der Waals surface area contributed by atoms with Crippen molar-refractivity contribution in [2.45, 2.75) is 94.8 Å². The van der Waals surface area contributed by atoms with E-state index in [1.165, 1.54) is 28.2 Å². The van der Waals surface area contributed by atoms with E-state index >= 15 is 0 Å². The fraction of sp³-hybridized carbons (Fsp3) is 0.550. The summed E-state index contributed by atoms with van der Waals surface area (Å²) in [7, 11) is 2.16. The Kier molecular flexibility index (Phi) is 11.1. The molecule has 2 saturated carbocycles. The Bertz CT molecular complexity index is 2310. The number of rotatable bonds is 11. The average Bonchev–Trinajstić information content (AvgIpc) is 4.02. The Morgan fingerprint density at radius 3 is 2.48 bits per heavy atom. The van der Waals surface area contributed by atoms with Gasteiger partial charge in [-0.2, -0.15) is 9.61 Å². The van der Waals surface area contributed by atoms with Gasteiger partial charge in [0.15, 0.2) is 11.4 Å². The molecule has 0 radical (unpaired) electrons. The van der Waals surface area contributed by atoms with Crippen LogP contribution < -0.4 is 20.9 Å². The molecule has 17 nitrogen and oxygen atoms in total. The van der Waals surface area contributed by atoms with Gasteiger partial charge in [-0.1, -0.05) is 17.4 Å². The van der Waals surface area contributed by atoms with Gasteiger partial charge in [0.25, 0.3) is 24.1 Å². The molecule has 0 bridgehead atoms. The standard InChI is InChI=1S/C40H47F2N11O6S/c1-49(24-11-7-23(8-12-24)44-27-4-2-3-26-32(27)38(58)52(37(26)57)29-13-14-31(54)46-35(29)55)20-22-5-9-25(10-6-22)51-21-28(33(47-51)34(41)42)45-36(56)30-19-43-39-53(30)48-40(60-39)50-15-17-59-18-16-50/h2-4,19,21-25,29,34,44H,5-18,20H2,1H3,(H,45,56)(H,46,54,55)/t22-,23-,24-,25-,29?. The number of ether oxygens (including phenoxy) is 1. The number of imide groups is 2. The van der Waals surface area contributed by atoms with Crippen LogP contribution in [0.3, 0.4) is 0 Å². The van der Waals surface area contributed by atoms with E-state index in [9.17, 15) is 32.8 Å². The summed E-state index contributed by atoms with van der Waals surface area (Å²) in [4.78, 5) is 74.8. The van der Waals surface area contributed by atoms with Gasteiger partial charge in [0.2, 0.25) is 21.9 Å². The van der Waals surface area contributed by atoms with Gasteiger partial charge in [0.1, 0.15) is 6.04 Å². The second kappa shape index (κ2) is 16.6. The number of alkyl halides is 2. The fourth-order valence-corrected chi connectivity index (χ4v) is 10.3. The van der Waals surface area contributed by atoms with Gasteiger partial charge in [0.05, 0.1) is 42.3 Å². The normalized spacial score (nSPS) is 25.1. The Balaban J connectivity index is 0.762. The van der Waals surface area contributed by atoms with Gasteiger partial charge < -0.3 is 25.2 Å². The van der Waals surface area contributed by atoms with Gasteiger partial charge in [-0.05, 0) is 82.9 Å². The van der Waals surface area contributed by atoms with Crippen LogP contribution in [0.5, 0.6) is 0 Å². The molecule has 0 spiro atoms. The monoisotopic (exact) mass is 847 g/mol. The van der Waals surface area contributed by atoms with Crippen LogP contribution in [0, 0.1) is 5.92 Å². The van der Waals surface area contributed by atoms with Crippen LogP contribution >= 0.6 is 11.3 Å². The maximum atomic E-state index is 14.2. The first kappa shape index (κ1) is 40.1. The van der Waals surface area contributed by atoms with Crippen molar-refractivity contribution in [1.82, 2.24) is 39.5 Å². The predicted octanol–water partition coefficient (Wildman–Crippen LogP) is 4.50. The van der Waals surface area contributed by atoms with Crippen LogP contribution in [0.2, 0.25) is 0 Å². The molecular formula is C40H47F2N11O6S. The Morgan fingerprint density at radius 2 is 1.75 bits per heavy atom. The highest BCUT2D eigenvalue weighted by Crippen LogP contribution is 2.38. The lowest BCUT2D eigenvalue weighted by molar-refractivity contribution is -0.136. The first-order valence-electron chi connectivity index (χ1n) is 20.7. The van der Waals surface area contributed by atoms with E-state index in [4.69, 9.17) is 4.74 Å². The first-order valence-corrected chi connectivity index (χ1v) is 21.5. The average molecular weight is 848 g/mol. The van der Waals surface area contributed by atoms with E-state index in [0.29, 0.717) is 54.0 Å². The number of nitrogens with one attached hydrogen (secondary N) is 3. The maximum Gasteiger partial charge on any atom is 0.284 e. The molecule has 20 heteroatoms. The molecule has 5 aliphatic rings. The summed E-state index contributed by atoms with van der Waals surface area (Å²) in [6.07, 6.45) is 7.28. The van der Waals surface area contributed by atoms with E-state index in [2.05, 4.69) is 48.0 Å². The summed E-state index contributed by atoms with van der Waals surface area (Å²) in [5.41, 5.74) is 0.773. The molecule has 9 rings (SSSR count). The Labute approximate surface area is 347 Å². The van der Waals surface area contributed by atoms with Crippen LogP contribution in [-0.4, -0.2) is 122 Å². The second-order valence-electron chi connectivity index (χ2n) is 16.4. The minimum atomic E-state index is -2.87. The zero-order valence-corrected chi connectivity index (χ0v) is 34.0. The van der Waals surface area contributed by atoms with Crippen molar-refractivity contribution in [3.8, 4) is 0 Å². The maximum absolute atomic E-state index is 14.2. The lowest BCUT2D eigenvalue weighted by Gasteiger charge is -2.38. The van der Waals surface area contributed by atoms with Crippen molar-refractivity contribution in [1.29, 1.82) is 0 Å². The highest BCUT2D eigenvalue weighted by molar-refractivity contribution is 7.20. The second-order valence-corrected chi connectivity index (χ2v) is 17.4. The number of aromatic nitrogens is 5. The largest absolute Gasteiger partial charge is 0.382 e. The van der Waals surface area contributed by atoms with Gasteiger partial charge in [-0.15, -0.1) is 5.10 Å². The molecule has 1 aromatic carbocycles. The smallest absolute Gasteiger partial charge is 0.284 e. The van der Waals surface area contributed by atoms with Gasteiger partial charge >= 0.3 is 0 Å². The number of halogens is 2. The van der Waals surface area contributed by atoms with Crippen molar-refractivity contribution >= 4 is 62.3 Å². The van der Waals surface area contributed by atoms with Crippen molar-refractivity contribution < 1.29 is 37.5 Å². The number of carbonyl (C=O) groups is 5. The van der Waals surface area contributed by atoms with E-state index < -0.39 is 47.7 Å². The Hall–Kier alpha value is -5.34. The molecule has 3 aliphatic heterocycles. The summed E-state index contributed by atoms with van der Waals surface area (Å²) < 4.78 is 36.9. The summed E-state index contributed by atoms with van der Waals surface area (Å²) in [5, 5.41) is 18.0. The fourth-order valence-electron chi connectivity index (χ4n) is 9.42. The van der Waals surface area contributed by atoms with E-state index in [-0.39, 0.29) is 47.4 Å². The minimum absolute atomic E-state index is 0.0218. The van der Waals surface area contributed by atoms with Crippen LogP contribution in [0.4, 0.5) is 25.3 Å². The van der Waals surface area contributed by atoms with Gasteiger partial charge in [-0.25, -0.2) is 13.8 Å². The third kappa shape index (κ3) is 7.75. The number of hydrogen-bond acceptors (Lipinski definition) is 13. The molecule has 6 heterocycles. The van der Waals surface area contributed by atoms with Crippen molar-refractivity contribution in [2.24, 2.45) is 5.92 Å². The first-order chi connectivity index (χ1) is 29.0. The third-order valence-electron chi connectivity index (χ3n) is 12.7. The third-order valence-corrected chi connectivity index (χ3v) is 13.7. The topological polar surface area (TPSA) is 188 Å². The Morgan fingerprint density at radius 1 is 0.983 bits per heavy atom. The lowest BCUT2D eigenvalue weighted by atomic mass is 9.84. The molecule has 1 unspecified atom stereocenters. The van der Waals surface area contributed by atoms with Gasteiger partial charge in [0, 0.05) is 50.0 Å². The lowest BCUT2D eigenvalue weighted by Crippen LogP contribution is -2.54. The quantitative estimate of drug-likeness (QED) is 0.180. The van der Waals surface area contributed by atoms with Gasteiger partial charge in [-0.3, -0.25) is 38.9 Å². The molecule has 60 heavy (non-hydrogen) atoms. The van der Waals surface area contributed by atoms with Crippen LogP contribution in [0.15, 0.2) is 30.6 Å². The summed E-state index contributed by atoms with van der Waals surface area (Å²) >= 11 is 1.35. The SMILES string of the molecule is CN(C[C@H]1CC[C@H](n2cc(NC(=O)c3cnc4sc(N5CCOCC5)nn34)c(C(F)F)n2)CC1)[C@H]1CC[C@H](Nc2cccc3c2C(=O)N(C2CCC(=O)NC2=O)C3=O)CC1. The zero-order chi connectivity index (χ0) is 41.7. The van der Waals surface area contributed by atoms with Crippen LogP contribution in [0.25, 0.3) is 4.96 Å². The number of anilines is 3. The summed E-state index contributed by atoms with van der Waals surface area (Å²) in [5.74, 6) is -2.23. The molecule has 4 aromatic rings. The minimum Gasteiger partial charge on any atom is -0.382 e. The highest BCUT2D eigenvalue weighted by Gasteiger charge is 2.46. The molecule has 5 amide bonds. The summed E-state index contributed by atoms with van der Waals surface area (Å²) in [6.45, 7) is 3.45. The number of piperidine rings is 1. The molecule has 4 fully saturated rings. The summed E-state index contributed by atoms with van der Waals surface area (Å²) in [6, 6.07) is 4.54. The van der Waals surface area contributed by atoms with E-state index in [1.807, 2.05) is 0 Å². The number of hydrogen-bond donors (Lipinski definition) is 3. The molecule has 318 valence electrons. The molecular weight excluding hydrogens is 801 g/mol. The molecule has 2 aliphatic carbocycles. The van der Waals surface area contributed by atoms with Crippen molar-refractivity contribution in [2.75, 3.05) is 55.4 Å². The molecule has 1 atom stereocenters. The number of benzene rings is 1. The number of carbonyl (C=O) groups excluding carboxylic acids is 5. The van der Waals surface area contributed by atoms with Crippen LogP contribution in [-0.2, 0) is 14.3 Å². The number of morpholine rings is 1. The molecule has 2 saturated heterocycles. The number of nitrogens with zero attached hydrogens (tertiary/aromatic N) is 8. The molecule has 3 N–H and O–H groups in total. The van der Waals surface area contributed by atoms with E-state index in [0.717, 1.165) is 62.8 Å². The van der Waals surface area contributed by atoms with Crippen molar-refractivity contribution in [3.63, 3.8) is 0 Å². The van der Waals surface area contributed by atoms with Crippen molar-refractivity contribution in [3.05, 3.63) is 53.1 Å². The highest BCUT2D eigenvalue weighted by atomic mass is 32.1. The zero-order valence-electron chi connectivity index (χ0n) is 33.1. The predicted molar refractivity (Wildman–Crippen MR) is 215 cm³/mol.